The van der Waals surface area contributed by atoms with Crippen molar-refractivity contribution in [3.63, 3.8) is 0 Å². The first kappa shape index (κ1) is 12.4. The van der Waals surface area contributed by atoms with Crippen molar-refractivity contribution in [3.05, 3.63) is 66.0 Å². The molecule has 0 aliphatic carbocycles. The van der Waals surface area contributed by atoms with E-state index >= 15 is 0 Å². The second-order valence-corrected chi connectivity index (χ2v) is 3.29. The van der Waals surface area contributed by atoms with Crippen molar-refractivity contribution in [2.24, 2.45) is 0 Å². The third-order valence-electron chi connectivity index (χ3n) is 2.16. The molecular formula is C13H12ClNO. The summed E-state index contributed by atoms with van der Waals surface area (Å²) < 4.78 is 0. The Morgan fingerprint density at radius 2 is 1.69 bits per heavy atom. The summed E-state index contributed by atoms with van der Waals surface area (Å²) in [5.74, 6) is 0.106. The van der Waals surface area contributed by atoms with Crippen molar-refractivity contribution in [2.45, 2.75) is 6.42 Å². The zero-order valence-corrected chi connectivity index (χ0v) is 9.48. The number of hydrogen-bond acceptors (Lipinski definition) is 2. The van der Waals surface area contributed by atoms with Crippen molar-refractivity contribution in [1.29, 1.82) is 0 Å². The maximum absolute atomic E-state index is 11.8. The van der Waals surface area contributed by atoms with E-state index in [4.69, 9.17) is 0 Å². The average Bonchev–Trinajstić information content (AvgIpc) is 2.31. The third kappa shape index (κ3) is 3.17. The fourth-order valence-electron chi connectivity index (χ4n) is 1.39. The Morgan fingerprint density at radius 3 is 2.31 bits per heavy atom. The van der Waals surface area contributed by atoms with Crippen LogP contribution in [-0.4, -0.2) is 10.8 Å². The molecular weight excluding hydrogens is 222 g/mol. The predicted molar refractivity (Wildman–Crippen MR) is 66.0 cm³/mol. The van der Waals surface area contributed by atoms with Gasteiger partial charge in [-0.05, 0) is 12.1 Å². The minimum absolute atomic E-state index is 0. The molecule has 82 valence electrons. The van der Waals surface area contributed by atoms with Crippen molar-refractivity contribution in [1.82, 2.24) is 4.98 Å². The number of hydrogen-bond donors (Lipinski definition) is 0. The first-order valence-electron chi connectivity index (χ1n) is 4.84. The molecule has 2 aromatic rings. The number of ketones is 1. The molecule has 0 aliphatic heterocycles. The van der Waals surface area contributed by atoms with Gasteiger partial charge in [0, 0.05) is 17.5 Å². The Hall–Kier alpha value is -1.67. The van der Waals surface area contributed by atoms with Crippen LogP contribution in [0.4, 0.5) is 0 Å². The van der Waals surface area contributed by atoms with E-state index in [2.05, 4.69) is 4.98 Å². The molecule has 3 heteroatoms. The summed E-state index contributed by atoms with van der Waals surface area (Å²) in [5, 5.41) is 0. The molecule has 0 atom stereocenters. The van der Waals surface area contributed by atoms with Crippen LogP contribution in [0.5, 0.6) is 0 Å². The van der Waals surface area contributed by atoms with Crippen molar-refractivity contribution in [3.8, 4) is 0 Å². The van der Waals surface area contributed by atoms with Crippen molar-refractivity contribution in [2.75, 3.05) is 0 Å². The molecule has 0 radical (unpaired) electrons. The molecule has 0 amide bonds. The highest BCUT2D eigenvalue weighted by Gasteiger charge is 2.06. The highest BCUT2D eigenvalue weighted by molar-refractivity contribution is 5.97. The van der Waals surface area contributed by atoms with Gasteiger partial charge in [-0.15, -0.1) is 12.4 Å². The van der Waals surface area contributed by atoms with E-state index in [-0.39, 0.29) is 18.2 Å². The lowest BCUT2D eigenvalue weighted by Crippen LogP contribution is -2.04. The summed E-state index contributed by atoms with van der Waals surface area (Å²) in [6, 6.07) is 14.9. The van der Waals surface area contributed by atoms with E-state index < -0.39 is 0 Å². The summed E-state index contributed by atoms with van der Waals surface area (Å²) >= 11 is 0. The molecule has 16 heavy (non-hydrogen) atoms. The molecule has 0 saturated carbocycles. The first-order valence-corrected chi connectivity index (χ1v) is 4.84. The van der Waals surface area contributed by atoms with Gasteiger partial charge in [-0.1, -0.05) is 36.4 Å². The lowest BCUT2D eigenvalue weighted by molar-refractivity contribution is 0.0992. The number of rotatable bonds is 3. The minimum atomic E-state index is 0. The van der Waals surface area contributed by atoms with E-state index in [0.717, 1.165) is 11.3 Å². The Balaban J connectivity index is 0.00000128. The van der Waals surface area contributed by atoms with Crippen LogP contribution in [0, 0.1) is 0 Å². The van der Waals surface area contributed by atoms with Crippen LogP contribution in [0.15, 0.2) is 54.7 Å². The second-order valence-electron chi connectivity index (χ2n) is 3.29. The number of pyridine rings is 1. The number of Topliss-reactive ketones (excluding diaryl/α,β-unsaturated/α-hetero) is 1. The zero-order valence-electron chi connectivity index (χ0n) is 8.67. The molecule has 0 spiro atoms. The topological polar surface area (TPSA) is 30.0 Å². The number of carbonyl (C=O) groups excluding carboxylic acids is 1. The normalized spacial score (nSPS) is 9.25. The third-order valence-corrected chi connectivity index (χ3v) is 2.16. The van der Waals surface area contributed by atoms with Gasteiger partial charge >= 0.3 is 0 Å². The monoisotopic (exact) mass is 233 g/mol. The summed E-state index contributed by atoms with van der Waals surface area (Å²) in [6.45, 7) is 0. The molecule has 1 aromatic heterocycles. The highest BCUT2D eigenvalue weighted by atomic mass is 35.5. The van der Waals surface area contributed by atoms with Gasteiger partial charge in [0.25, 0.3) is 0 Å². The number of nitrogens with zero attached hydrogens (tertiary/aromatic N) is 1. The van der Waals surface area contributed by atoms with E-state index in [0.29, 0.717) is 6.42 Å². The van der Waals surface area contributed by atoms with Crippen LogP contribution >= 0.6 is 12.4 Å². The van der Waals surface area contributed by atoms with E-state index in [1.165, 1.54) is 0 Å². The minimum Gasteiger partial charge on any atom is -0.294 e. The van der Waals surface area contributed by atoms with Gasteiger partial charge in [0.1, 0.15) is 0 Å². The molecule has 1 aromatic carbocycles. The molecule has 2 rings (SSSR count). The largest absolute Gasteiger partial charge is 0.294 e. The van der Waals surface area contributed by atoms with Crippen LogP contribution in [0.1, 0.15) is 16.1 Å². The van der Waals surface area contributed by atoms with Gasteiger partial charge in [0.15, 0.2) is 5.78 Å². The van der Waals surface area contributed by atoms with Gasteiger partial charge < -0.3 is 0 Å². The lowest BCUT2D eigenvalue weighted by Gasteiger charge is -1.99. The molecule has 0 unspecified atom stereocenters. The van der Waals surface area contributed by atoms with Crippen LogP contribution in [0.3, 0.4) is 0 Å². The number of aromatic nitrogens is 1. The average molecular weight is 234 g/mol. The van der Waals surface area contributed by atoms with E-state index in [1.807, 2.05) is 48.5 Å². The molecule has 0 N–H and O–H groups in total. The Labute approximate surface area is 101 Å². The predicted octanol–water partition coefficient (Wildman–Crippen LogP) is 2.93. The summed E-state index contributed by atoms with van der Waals surface area (Å²) in [4.78, 5) is 15.9. The Kier molecular flexibility index (Phi) is 4.67. The second kappa shape index (κ2) is 6.03. The maximum atomic E-state index is 11.8. The lowest BCUT2D eigenvalue weighted by atomic mass is 10.1. The maximum Gasteiger partial charge on any atom is 0.168 e. The summed E-state index contributed by atoms with van der Waals surface area (Å²) in [6.07, 6.45) is 2.07. The van der Waals surface area contributed by atoms with Crippen LogP contribution < -0.4 is 0 Å². The molecule has 0 saturated heterocycles. The van der Waals surface area contributed by atoms with Crippen molar-refractivity contribution < 1.29 is 4.79 Å². The Bertz CT molecular complexity index is 442. The van der Waals surface area contributed by atoms with E-state index in [9.17, 15) is 4.79 Å². The first-order chi connectivity index (χ1) is 7.36. The summed E-state index contributed by atoms with van der Waals surface area (Å²) in [5.41, 5.74) is 1.55. The summed E-state index contributed by atoms with van der Waals surface area (Å²) in [7, 11) is 0. The number of carbonyl (C=O) groups is 1. The van der Waals surface area contributed by atoms with Gasteiger partial charge in [-0.25, -0.2) is 0 Å². The highest BCUT2D eigenvalue weighted by Crippen LogP contribution is 2.04. The Morgan fingerprint density at radius 1 is 1.00 bits per heavy atom. The van der Waals surface area contributed by atoms with Crippen LogP contribution in [-0.2, 0) is 6.42 Å². The van der Waals surface area contributed by atoms with Crippen LogP contribution in [0.2, 0.25) is 0 Å². The van der Waals surface area contributed by atoms with Gasteiger partial charge in [0.05, 0.1) is 6.42 Å². The van der Waals surface area contributed by atoms with Gasteiger partial charge in [-0.2, -0.15) is 0 Å². The smallest absolute Gasteiger partial charge is 0.168 e. The SMILES string of the molecule is Cl.O=C(Cc1ccccn1)c1ccccc1. The molecule has 0 aliphatic rings. The van der Waals surface area contributed by atoms with E-state index in [1.54, 1.807) is 6.20 Å². The molecule has 0 bridgehead atoms. The van der Waals surface area contributed by atoms with Gasteiger partial charge in [-0.3, -0.25) is 9.78 Å². The molecule has 0 fully saturated rings. The fraction of sp³-hybridized carbons (Fsp3) is 0.0769. The number of benzene rings is 1. The quantitative estimate of drug-likeness (QED) is 0.763. The fourth-order valence-corrected chi connectivity index (χ4v) is 1.39. The van der Waals surface area contributed by atoms with Crippen LogP contribution in [0.25, 0.3) is 0 Å². The molecule has 2 nitrogen and oxygen atoms in total. The standard InChI is InChI=1S/C13H11NO.ClH/c15-13(11-6-2-1-3-7-11)10-12-8-4-5-9-14-12;/h1-9H,10H2;1H. The van der Waals surface area contributed by atoms with Crippen molar-refractivity contribution >= 4 is 18.2 Å². The number of halogens is 1. The molecule has 1 heterocycles. The van der Waals surface area contributed by atoms with Gasteiger partial charge in [0.2, 0.25) is 0 Å². The zero-order chi connectivity index (χ0) is 10.5.